The lowest BCUT2D eigenvalue weighted by molar-refractivity contribution is -0.441. The van der Waals surface area contributed by atoms with E-state index in [0.717, 1.165) is 18.8 Å². The van der Waals surface area contributed by atoms with Gasteiger partial charge < -0.3 is 4.90 Å². The van der Waals surface area contributed by atoms with Gasteiger partial charge in [-0.2, -0.15) is 67.3 Å². The first-order chi connectivity index (χ1) is 23.1. The molecule has 268 valence electrons. The minimum Gasteiger partial charge on any atom is -0.372 e. The van der Waals surface area contributed by atoms with Gasteiger partial charge in [-0.05, 0) is 62.4 Å². The Balaban J connectivity index is 1.58. The van der Waals surface area contributed by atoms with Gasteiger partial charge in [-0.25, -0.2) is 0 Å². The number of alkyl halides is 13. The Hall–Kier alpha value is -4.77. The zero-order valence-electron chi connectivity index (χ0n) is 25.6. The lowest BCUT2D eigenvalue weighted by Gasteiger charge is -2.39. The quantitative estimate of drug-likeness (QED) is 0.106. The van der Waals surface area contributed by atoms with Gasteiger partial charge in [-0.3, -0.25) is 0 Å². The van der Waals surface area contributed by atoms with Crippen LogP contribution in [0.1, 0.15) is 19.4 Å². The molecular formula is C32H24F13N5. The lowest BCUT2D eigenvalue weighted by Crippen LogP contribution is -2.69. The van der Waals surface area contributed by atoms with E-state index in [1.807, 2.05) is 26.0 Å². The van der Waals surface area contributed by atoms with Crippen molar-refractivity contribution in [2.45, 2.75) is 49.6 Å². The highest BCUT2D eigenvalue weighted by molar-refractivity contribution is 5.99. The molecule has 0 aliphatic rings. The Labute approximate surface area is 275 Å². The number of hydrogen-bond donors (Lipinski definition) is 0. The topological polar surface area (TPSA) is 52.7 Å². The molecule has 50 heavy (non-hydrogen) atoms. The number of azo groups is 2. The molecule has 4 aromatic carbocycles. The Morgan fingerprint density at radius 3 is 1.26 bits per heavy atom. The van der Waals surface area contributed by atoms with Crippen LogP contribution in [-0.4, -0.2) is 43.0 Å². The standard InChI is InChI=1S/C32H24F13N5/c1-3-50(4-2)22-15-13-21(14-16-22)47-49-26-18-17-25(23-7-5-6-8-24(23)26)48-46-20-11-9-19(10-12-20)27(33,34)28(35,36)29(37,38)30(39,40)31(41,42)32(43,44)45/h5-18H,3-4H2,1-2H3. The fourth-order valence-corrected chi connectivity index (χ4v) is 4.67. The average molecular weight is 726 g/mol. The number of halogens is 13. The van der Waals surface area contributed by atoms with E-state index in [1.54, 1.807) is 36.4 Å². The van der Waals surface area contributed by atoms with E-state index in [2.05, 4.69) is 25.4 Å². The lowest BCUT2D eigenvalue weighted by atomic mass is 9.90. The molecule has 0 aliphatic carbocycles. The van der Waals surface area contributed by atoms with Crippen molar-refractivity contribution in [2.24, 2.45) is 20.5 Å². The van der Waals surface area contributed by atoms with E-state index in [9.17, 15) is 57.1 Å². The van der Waals surface area contributed by atoms with Crippen molar-refractivity contribution in [1.29, 1.82) is 0 Å². The van der Waals surface area contributed by atoms with Crippen molar-refractivity contribution in [2.75, 3.05) is 18.0 Å². The fraction of sp³-hybridized carbons (Fsp3) is 0.312. The third kappa shape index (κ3) is 6.58. The number of fused-ring (bicyclic) bond motifs is 1. The van der Waals surface area contributed by atoms with Gasteiger partial charge in [-0.1, -0.05) is 36.4 Å². The third-order valence-electron chi connectivity index (χ3n) is 7.57. The summed E-state index contributed by atoms with van der Waals surface area (Å²) in [7, 11) is 0. The molecule has 0 N–H and O–H groups in total. The van der Waals surface area contributed by atoms with Crippen LogP contribution in [0, 0.1) is 0 Å². The van der Waals surface area contributed by atoms with Crippen LogP contribution < -0.4 is 4.90 Å². The second-order valence-corrected chi connectivity index (χ2v) is 10.7. The van der Waals surface area contributed by atoms with Crippen molar-refractivity contribution in [3.8, 4) is 0 Å². The maximum atomic E-state index is 14.5. The van der Waals surface area contributed by atoms with Gasteiger partial charge in [0.1, 0.15) is 0 Å². The maximum absolute atomic E-state index is 14.5. The van der Waals surface area contributed by atoms with Gasteiger partial charge in [0.05, 0.1) is 22.7 Å². The fourth-order valence-electron chi connectivity index (χ4n) is 4.67. The van der Waals surface area contributed by atoms with Crippen molar-refractivity contribution >= 4 is 39.2 Å². The van der Waals surface area contributed by atoms with Crippen LogP contribution in [0.5, 0.6) is 0 Å². The molecular weight excluding hydrogens is 701 g/mol. The molecule has 0 fully saturated rings. The molecule has 0 spiro atoms. The minimum absolute atomic E-state index is 0.0224. The maximum Gasteiger partial charge on any atom is 0.460 e. The summed E-state index contributed by atoms with van der Waals surface area (Å²) in [6, 6.07) is 18.1. The van der Waals surface area contributed by atoms with Gasteiger partial charge in [0, 0.05) is 35.1 Å². The smallest absolute Gasteiger partial charge is 0.372 e. The molecule has 0 saturated carbocycles. The summed E-state index contributed by atoms with van der Waals surface area (Å²) in [6.07, 6.45) is -7.48. The Bertz CT molecular complexity index is 1850. The zero-order valence-corrected chi connectivity index (χ0v) is 25.6. The molecule has 0 aliphatic heterocycles. The normalized spacial score (nSPS) is 13.9. The molecule has 0 aromatic heterocycles. The molecule has 4 rings (SSSR count). The Morgan fingerprint density at radius 1 is 0.460 bits per heavy atom. The monoisotopic (exact) mass is 725 g/mol. The zero-order chi connectivity index (χ0) is 37.3. The first-order valence-electron chi connectivity index (χ1n) is 14.4. The molecule has 0 atom stereocenters. The van der Waals surface area contributed by atoms with E-state index in [0.29, 0.717) is 34.3 Å². The molecule has 0 heterocycles. The van der Waals surface area contributed by atoms with E-state index in [-0.39, 0.29) is 23.5 Å². The number of rotatable bonds is 12. The van der Waals surface area contributed by atoms with Crippen molar-refractivity contribution in [3.63, 3.8) is 0 Å². The molecule has 0 amide bonds. The van der Waals surface area contributed by atoms with Crippen LogP contribution in [0.4, 0.5) is 85.5 Å². The highest BCUT2D eigenvalue weighted by atomic mass is 19.4. The van der Waals surface area contributed by atoms with E-state index >= 15 is 0 Å². The summed E-state index contributed by atoms with van der Waals surface area (Å²) in [4.78, 5) is 2.15. The predicted molar refractivity (Wildman–Crippen MR) is 158 cm³/mol. The third-order valence-corrected chi connectivity index (χ3v) is 7.57. The highest BCUT2D eigenvalue weighted by Crippen LogP contribution is 2.62. The molecule has 0 bridgehead atoms. The number of hydrogen-bond acceptors (Lipinski definition) is 5. The molecule has 0 unspecified atom stereocenters. The largest absolute Gasteiger partial charge is 0.460 e. The number of nitrogens with zero attached hydrogens (tertiary/aromatic N) is 5. The molecule has 18 heteroatoms. The van der Waals surface area contributed by atoms with E-state index in [4.69, 9.17) is 0 Å². The Morgan fingerprint density at radius 2 is 0.860 bits per heavy atom. The summed E-state index contributed by atoms with van der Waals surface area (Å²) < 4.78 is 176. The second-order valence-electron chi connectivity index (χ2n) is 10.7. The first-order valence-corrected chi connectivity index (χ1v) is 14.4. The van der Waals surface area contributed by atoms with Crippen molar-refractivity contribution < 1.29 is 57.1 Å². The SMILES string of the molecule is CCN(CC)c1ccc(N=Nc2ccc(N=Nc3ccc(C(F)(F)C(F)(F)C(F)(F)C(F)(F)C(F)(F)C(F)(F)F)cc3)c3ccccc23)cc1. The number of benzene rings is 4. The molecule has 4 aromatic rings. The predicted octanol–water partition coefficient (Wildman–Crippen LogP) is 12.7. The number of anilines is 1. The summed E-state index contributed by atoms with van der Waals surface area (Å²) in [6.45, 7) is 5.69. The summed E-state index contributed by atoms with van der Waals surface area (Å²) in [5.41, 5.74) is -0.275. The van der Waals surface area contributed by atoms with Gasteiger partial charge in [-0.15, -0.1) is 10.2 Å². The van der Waals surface area contributed by atoms with Crippen LogP contribution in [0.3, 0.4) is 0 Å². The molecule has 0 radical (unpaired) electrons. The highest BCUT2D eigenvalue weighted by Gasteiger charge is 2.90. The first kappa shape index (κ1) is 38.0. The van der Waals surface area contributed by atoms with Gasteiger partial charge in [0.15, 0.2) is 0 Å². The molecule has 0 saturated heterocycles. The van der Waals surface area contributed by atoms with E-state index < -0.39 is 41.4 Å². The van der Waals surface area contributed by atoms with Crippen LogP contribution >= 0.6 is 0 Å². The Kier molecular flexibility index (Phi) is 10.3. The average Bonchev–Trinajstić information content (AvgIpc) is 3.07. The van der Waals surface area contributed by atoms with Crippen LogP contribution in [0.25, 0.3) is 10.8 Å². The summed E-state index contributed by atoms with van der Waals surface area (Å²) >= 11 is 0. The second kappa shape index (κ2) is 13.5. The molecule has 5 nitrogen and oxygen atoms in total. The van der Waals surface area contributed by atoms with Gasteiger partial charge >= 0.3 is 35.8 Å². The summed E-state index contributed by atoms with van der Waals surface area (Å²) in [5, 5.41) is 17.3. The summed E-state index contributed by atoms with van der Waals surface area (Å²) in [5.74, 6) is -37.5. The van der Waals surface area contributed by atoms with Crippen molar-refractivity contribution in [3.05, 3.63) is 90.5 Å². The minimum atomic E-state index is -7.98. The van der Waals surface area contributed by atoms with Crippen molar-refractivity contribution in [1.82, 2.24) is 0 Å². The van der Waals surface area contributed by atoms with Gasteiger partial charge in [0.25, 0.3) is 0 Å². The van der Waals surface area contributed by atoms with Crippen LogP contribution in [-0.2, 0) is 5.92 Å². The van der Waals surface area contributed by atoms with E-state index in [1.165, 1.54) is 12.1 Å². The van der Waals surface area contributed by atoms with Gasteiger partial charge in [0.2, 0.25) is 0 Å². The van der Waals surface area contributed by atoms with Crippen LogP contribution in [0.15, 0.2) is 105 Å². The van der Waals surface area contributed by atoms with Crippen LogP contribution in [0.2, 0.25) is 0 Å².